The number of amides is 1. The topological polar surface area (TPSA) is 87.9 Å². The van der Waals surface area contributed by atoms with E-state index in [0.717, 1.165) is 5.56 Å². The molecule has 1 atom stereocenters. The number of aromatic nitrogens is 1. The van der Waals surface area contributed by atoms with E-state index in [-0.39, 0.29) is 58.8 Å². The summed E-state index contributed by atoms with van der Waals surface area (Å²) in [5.74, 6) is -2.00. The van der Waals surface area contributed by atoms with Gasteiger partial charge in [0.25, 0.3) is 5.88 Å². The maximum atomic E-state index is 16.5. The van der Waals surface area contributed by atoms with Crippen molar-refractivity contribution in [2.45, 2.75) is 77.2 Å². The number of ether oxygens (including phenoxy) is 2. The highest BCUT2D eigenvalue weighted by atomic mass is 35.5. The van der Waals surface area contributed by atoms with E-state index in [9.17, 15) is 10.1 Å². The van der Waals surface area contributed by atoms with E-state index in [4.69, 9.17) is 25.5 Å². The molecule has 1 amide bonds. The lowest BCUT2D eigenvalue weighted by Gasteiger charge is -2.48. The Morgan fingerprint density at radius 2 is 1.77 bits per heavy atom. The van der Waals surface area contributed by atoms with Gasteiger partial charge in [-0.2, -0.15) is 5.26 Å². The fourth-order valence-corrected chi connectivity index (χ4v) is 7.46. The Morgan fingerprint density at radius 3 is 2.40 bits per heavy atom. The molecule has 0 N–H and O–H groups in total. The van der Waals surface area contributed by atoms with Crippen LogP contribution in [0.25, 0.3) is 11.1 Å². The van der Waals surface area contributed by atoms with E-state index in [0.29, 0.717) is 24.3 Å². The predicted octanol–water partition coefficient (Wildman–Crippen LogP) is 8.46. The lowest BCUT2D eigenvalue weighted by Crippen LogP contribution is -2.60. The molecule has 0 aliphatic carbocycles. The lowest BCUT2D eigenvalue weighted by molar-refractivity contribution is 0.0164. The van der Waals surface area contributed by atoms with Crippen molar-refractivity contribution in [3.63, 3.8) is 0 Å². The van der Waals surface area contributed by atoms with Gasteiger partial charge in [0.2, 0.25) is 0 Å². The molecular weight excluding hydrogens is 654 g/mol. The second kappa shape index (κ2) is 13.0. The number of hydrogen-bond donors (Lipinski definition) is 0. The van der Waals surface area contributed by atoms with Gasteiger partial charge in [0.1, 0.15) is 24.1 Å². The number of carbonyl (C=O) groups is 1. The zero-order valence-electron chi connectivity index (χ0n) is 28.8. The number of rotatable bonds is 7. The summed E-state index contributed by atoms with van der Waals surface area (Å²) in [6.45, 7) is 17.2. The molecule has 3 aromatic rings. The molecule has 256 valence electrons. The number of nitriles is 1. The number of hydrogen-bond acceptors (Lipinski definition) is 7. The quantitative estimate of drug-likeness (QED) is 0.181. The van der Waals surface area contributed by atoms with Crippen LogP contribution in [0, 0.1) is 23.0 Å². The number of halogens is 3. The van der Waals surface area contributed by atoms with Crippen molar-refractivity contribution in [2.24, 2.45) is 0 Å². The van der Waals surface area contributed by atoms with Crippen molar-refractivity contribution in [1.29, 1.82) is 5.26 Å². The average Bonchev–Trinajstić information content (AvgIpc) is 3.34. The first-order chi connectivity index (χ1) is 22.4. The van der Waals surface area contributed by atoms with Gasteiger partial charge < -0.3 is 23.7 Å². The third-order valence-electron chi connectivity index (χ3n) is 9.54. The second-order valence-electron chi connectivity index (χ2n) is 14.9. The smallest absolute Gasteiger partial charge is 0.410 e. The molecule has 1 saturated heterocycles. The highest BCUT2D eigenvalue weighted by Gasteiger charge is 2.51. The first kappa shape index (κ1) is 35.6. The van der Waals surface area contributed by atoms with Gasteiger partial charge in [0.05, 0.1) is 29.3 Å². The lowest BCUT2D eigenvalue weighted by atomic mass is 9.82. The maximum absolute atomic E-state index is 16.5. The van der Waals surface area contributed by atoms with Gasteiger partial charge in [-0.3, -0.25) is 0 Å². The third kappa shape index (κ3) is 6.62. The summed E-state index contributed by atoms with van der Waals surface area (Å²) < 4.78 is 50.0. The van der Waals surface area contributed by atoms with E-state index in [1.807, 2.05) is 57.2 Å². The molecule has 1 fully saturated rings. The van der Waals surface area contributed by atoms with E-state index in [1.165, 1.54) is 12.3 Å². The molecule has 2 aliphatic rings. The molecule has 3 heterocycles. The van der Waals surface area contributed by atoms with Crippen LogP contribution in [0.15, 0.2) is 42.6 Å². The number of fused-ring (bicyclic) bond motifs is 3. The molecule has 0 saturated carbocycles. The van der Waals surface area contributed by atoms with Crippen LogP contribution < -0.4 is 9.64 Å². The summed E-state index contributed by atoms with van der Waals surface area (Å²) >= 11 is 6.69. The summed E-state index contributed by atoms with van der Waals surface area (Å²) in [6.07, 6.45) is 1.02. The molecule has 12 heteroatoms. The van der Waals surface area contributed by atoms with Gasteiger partial charge in [-0.1, -0.05) is 62.7 Å². The van der Waals surface area contributed by atoms with Crippen LogP contribution in [0.2, 0.25) is 23.2 Å². The predicted molar refractivity (Wildman–Crippen MR) is 185 cm³/mol. The van der Waals surface area contributed by atoms with Gasteiger partial charge in [0.15, 0.2) is 14.1 Å². The monoisotopic (exact) mass is 696 g/mol. The van der Waals surface area contributed by atoms with Crippen molar-refractivity contribution in [3.05, 3.63) is 75.9 Å². The Bertz CT molecular complexity index is 1750. The van der Waals surface area contributed by atoms with Crippen LogP contribution in [0.3, 0.4) is 0 Å². The summed E-state index contributed by atoms with van der Waals surface area (Å²) in [6, 6.07) is 13.0. The zero-order chi connectivity index (χ0) is 35.2. The molecule has 0 spiro atoms. The Labute approximate surface area is 287 Å². The van der Waals surface area contributed by atoms with E-state index in [2.05, 4.69) is 43.7 Å². The van der Waals surface area contributed by atoms with Crippen LogP contribution in [0.1, 0.15) is 58.2 Å². The third-order valence-corrected chi connectivity index (χ3v) is 14.4. The SMILES string of the molecule is CC(C)(C)OC(=O)N1CCN2c3cc(F)c(Cl)c(-c4c(C#N)cnc(OCCO[Si](C)(C)C(C)(C)C)c4F)c3CC2(c2ccccc2)C1. The molecule has 1 aromatic heterocycles. The Balaban J connectivity index is 1.58. The molecule has 1 unspecified atom stereocenters. The highest BCUT2D eigenvalue weighted by molar-refractivity contribution is 6.74. The number of benzene rings is 2. The van der Waals surface area contributed by atoms with Gasteiger partial charge >= 0.3 is 6.09 Å². The van der Waals surface area contributed by atoms with Crippen LogP contribution in [0.5, 0.6) is 5.88 Å². The van der Waals surface area contributed by atoms with Crippen LogP contribution in [-0.4, -0.2) is 62.7 Å². The molecular formula is C36H43ClF2N4O4Si. The highest BCUT2D eigenvalue weighted by Crippen LogP contribution is 2.53. The van der Waals surface area contributed by atoms with Crippen molar-refractivity contribution >= 4 is 31.7 Å². The van der Waals surface area contributed by atoms with Gasteiger partial charge in [-0.15, -0.1) is 0 Å². The largest absolute Gasteiger partial charge is 0.473 e. The minimum Gasteiger partial charge on any atom is -0.473 e. The van der Waals surface area contributed by atoms with E-state index >= 15 is 8.78 Å². The summed E-state index contributed by atoms with van der Waals surface area (Å²) in [4.78, 5) is 21.1. The second-order valence-corrected chi connectivity index (χ2v) is 20.1. The molecule has 5 rings (SSSR count). The van der Waals surface area contributed by atoms with Crippen molar-refractivity contribution < 1.29 is 27.5 Å². The van der Waals surface area contributed by atoms with Crippen LogP contribution in [-0.2, 0) is 21.1 Å². The van der Waals surface area contributed by atoms with Gasteiger partial charge in [-0.25, -0.2) is 18.6 Å². The van der Waals surface area contributed by atoms with Crippen molar-refractivity contribution in [1.82, 2.24) is 9.88 Å². The van der Waals surface area contributed by atoms with E-state index < -0.39 is 37.2 Å². The summed E-state index contributed by atoms with van der Waals surface area (Å²) in [7, 11) is -2.07. The Kier molecular flexibility index (Phi) is 9.60. The van der Waals surface area contributed by atoms with Crippen molar-refractivity contribution in [2.75, 3.05) is 37.7 Å². The fraction of sp³-hybridized carbons (Fsp3) is 0.472. The van der Waals surface area contributed by atoms with Crippen LogP contribution in [0.4, 0.5) is 19.3 Å². The first-order valence-corrected chi connectivity index (χ1v) is 19.4. The van der Waals surface area contributed by atoms with Crippen LogP contribution >= 0.6 is 11.6 Å². The molecule has 48 heavy (non-hydrogen) atoms. The maximum Gasteiger partial charge on any atom is 0.410 e. The molecule has 2 aliphatic heterocycles. The zero-order valence-corrected chi connectivity index (χ0v) is 30.6. The molecule has 8 nitrogen and oxygen atoms in total. The normalized spacial score (nSPS) is 17.9. The number of carbonyl (C=O) groups excluding carboxylic acids is 1. The minimum atomic E-state index is -2.07. The standard InChI is InChI=1S/C36H43ClF2N4O4Si/c1-34(2,3)47-33(44)42-14-15-43-27-18-26(38)30(37)29(25(27)19-36(43,22-42)24-12-10-9-11-13-24)28-23(20-40)21-41-32(31(28)39)45-16-17-46-48(7,8)35(4,5)6/h9-13,18,21H,14-17,19,22H2,1-8H3. The fourth-order valence-electron chi connectivity index (χ4n) is 6.17. The average molecular weight is 697 g/mol. The first-order valence-electron chi connectivity index (χ1n) is 16.1. The Hall–Kier alpha value is -3.72. The number of piperazine rings is 1. The van der Waals surface area contributed by atoms with Crippen molar-refractivity contribution in [3.8, 4) is 23.1 Å². The number of anilines is 1. The molecule has 0 bridgehead atoms. The van der Waals surface area contributed by atoms with E-state index in [1.54, 1.807) is 4.90 Å². The van der Waals surface area contributed by atoms with Gasteiger partial charge in [0, 0.05) is 42.5 Å². The number of pyridine rings is 1. The van der Waals surface area contributed by atoms with Gasteiger partial charge in [-0.05, 0) is 56.1 Å². The summed E-state index contributed by atoms with van der Waals surface area (Å²) in [5.41, 5.74) is 0.204. The Morgan fingerprint density at radius 1 is 1.08 bits per heavy atom. The number of nitrogens with zero attached hydrogens (tertiary/aromatic N) is 4. The minimum absolute atomic E-state index is 0.0130. The molecule has 0 radical (unpaired) electrons. The summed E-state index contributed by atoms with van der Waals surface area (Å²) in [5, 5.41) is 9.77. The molecule has 2 aromatic carbocycles.